The first-order valence-corrected chi connectivity index (χ1v) is 9.14. The Hall–Kier alpha value is -3.13. The molecule has 1 aromatic carbocycles. The maximum Gasteiger partial charge on any atom is 0.246 e. The van der Waals surface area contributed by atoms with Gasteiger partial charge in [-0.25, -0.2) is 9.97 Å². The number of phenols is 1. The largest absolute Gasteiger partial charge is 0.506 e. The third-order valence-electron chi connectivity index (χ3n) is 4.61. The second-order valence-electron chi connectivity index (χ2n) is 6.50. The maximum absolute atomic E-state index is 11.9. The van der Waals surface area contributed by atoms with E-state index in [1.165, 1.54) is 24.5 Å². The number of halogens is 1. The minimum Gasteiger partial charge on any atom is -0.506 e. The molecule has 0 aliphatic carbocycles. The number of amides is 1. The monoisotopic (exact) mass is 400 g/mol. The number of carbonyl (C=O) groups is 1. The number of nitrogens with two attached hydrogens (primary N) is 1. The molecule has 1 atom stereocenters. The van der Waals surface area contributed by atoms with Gasteiger partial charge in [0.1, 0.15) is 23.7 Å². The standard InChI is InChI=1S/C19H21ClN6O2/c1-2-15(28)26-7-3-4-12(9-26)25-19-16(18(22)23-10-24-19)17(21)11-5-6-14(27)13(20)8-11/h2,5-6,8,10,12,21,27H,1,3-4,7,9H2,(H3,22,23,24,25). The van der Waals surface area contributed by atoms with Crippen LogP contribution in [0.25, 0.3) is 0 Å². The molecule has 9 heteroatoms. The van der Waals surface area contributed by atoms with E-state index in [2.05, 4.69) is 21.9 Å². The van der Waals surface area contributed by atoms with Crippen molar-refractivity contribution in [3.05, 3.63) is 53.3 Å². The van der Waals surface area contributed by atoms with Crippen LogP contribution in [0.1, 0.15) is 24.0 Å². The van der Waals surface area contributed by atoms with Crippen LogP contribution >= 0.6 is 11.6 Å². The SMILES string of the molecule is C=CC(=O)N1CCCC(Nc2ncnc(N)c2C(=N)c2ccc(O)c(Cl)c2)C1. The molecule has 2 heterocycles. The van der Waals surface area contributed by atoms with Crippen LogP contribution in [0.2, 0.25) is 5.02 Å². The molecule has 28 heavy (non-hydrogen) atoms. The summed E-state index contributed by atoms with van der Waals surface area (Å²) in [4.78, 5) is 21.9. The zero-order chi connectivity index (χ0) is 20.3. The Morgan fingerprint density at radius 2 is 2.25 bits per heavy atom. The van der Waals surface area contributed by atoms with E-state index in [-0.39, 0.29) is 34.3 Å². The first kappa shape index (κ1) is 19.6. The van der Waals surface area contributed by atoms with Crippen LogP contribution in [-0.4, -0.2) is 50.7 Å². The topological polar surface area (TPSA) is 128 Å². The van der Waals surface area contributed by atoms with Gasteiger partial charge in [-0.2, -0.15) is 0 Å². The van der Waals surface area contributed by atoms with Crippen LogP contribution in [0.5, 0.6) is 5.75 Å². The van der Waals surface area contributed by atoms with Gasteiger partial charge in [0.25, 0.3) is 0 Å². The Morgan fingerprint density at radius 3 is 2.96 bits per heavy atom. The van der Waals surface area contributed by atoms with Gasteiger partial charge < -0.3 is 21.1 Å². The normalized spacial score (nSPS) is 16.5. The fraction of sp³-hybridized carbons (Fsp3) is 0.263. The van der Waals surface area contributed by atoms with Gasteiger partial charge in [-0.3, -0.25) is 10.2 Å². The van der Waals surface area contributed by atoms with Crippen molar-refractivity contribution in [1.29, 1.82) is 5.41 Å². The molecule has 3 rings (SSSR count). The lowest BCUT2D eigenvalue weighted by molar-refractivity contribution is -0.127. The van der Waals surface area contributed by atoms with Gasteiger partial charge in [0, 0.05) is 24.7 Å². The number of likely N-dealkylation sites (tertiary alicyclic amines) is 1. The molecule has 5 N–H and O–H groups in total. The van der Waals surface area contributed by atoms with Crippen molar-refractivity contribution in [2.24, 2.45) is 0 Å². The number of hydrogen-bond donors (Lipinski definition) is 4. The number of aromatic hydroxyl groups is 1. The summed E-state index contributed by atoms with van der Waals surface area (Å²) < 4.78 is 0. The molecule has 1 amide bonds. The molecule has 1 saturated heterocycles. The molecule has 1 fully saturated rings. The van der Waals surface area contributed by atoms with Crippen molar-refractivity contribution in [2.75, 3.05) is 24.1 Å². The van der Waals surface area contributed by atoms with E-state index in [0.717, 1.165) is 12.8 Å². The summed E-state index contributed by atoms with van der Waals surface area (Å²) in [5.74, 6) is 0.393. The Bertz CT molecular complexity index is 933. The predicted molar refractivity (Wildman–Crippen MR) is 109 cm³/mol. The minimum absolute atomic E-state index is 0.0399. The highest BCUT2D eigenvalue weighted by atomic mass is 35.5. The number of aromatic nitrogens is 2. The molecule has 1 aliphatic rings. The van der Waals surface area contributed by atoms with Gasteiger partial charge >= 0.3 is 0 Å². The quantitative estimate of drug-likeness (QED) is 0.450. The van der Waals surface area contributed by atoms with Gasteiger partial charge in [0.15, 0.2) is 0 Å². The number of nitrogens with one attached hydrogen (secondary N) is 2. The first-order valence-electron chi connectivity index (χ1n) is 8.77. The number of benzene rings is 1. The fourth-order valence-electron chi connectivity index (χ4n) is 3.18. The number of rotatable bonds is 5. The number of anilines is 2. The maximum atomic E-state index is 11.9. The second kappa shape index (κ2) is 8.26. The summed E-state index contributed by atoms with van der Waals surface area (Å²) in [6, 6.07) is 4.44. The van der Waals surface area contributed by atoms with Crippen molar-refractivity contribution < 1.29 is 9.90 Å². The van der Waals surface area contributed by atoms with Crippen LogP contribution < -0.4 is 11.1 Å². The van der Waals surface area contributed by atoms with Gasteiger partial charge in [0.05, 0.1) is 16.3 Å². The Balaban J connectivity index is 1.88. The van der Waals surface area contributed by atoms with Crippen LogP contribution in [0.3, 0.4) is 0 Å². The highest BCUT2D eigenvalue weighted by Crippen LogP contribution is 2.28. The molecule has 2 aromatic rings. The van der Waals surface area contributed by atoms with Crippen LogP contribution in [0.4, 0.5) is 11.6 Å². The van der Waals surface area contributed by atoms with Crippen molar-refractivity contribution >= 4 is 34.9 Å². The lowest BCUT2D eigenvalue weighted by Crippen LogP contribution is -2.44. The van der Waals surface area contributed by atoms with E-state index in [1.807, 2.05) is 0 Å². The second-order valence-corrected chi connectivity index (χ2v) is 6.90. The third kappa shape index (κ3) is 4.07. The number of nitrogen functional groups attached to an aromatic ring is 1. The highest BCUT2D eigenvalue weighted by molar-refractivity contribution is 6.32. The minimum atomic E-state index is -0.111. The molecule has 0 spiro atoms. The zero-order valence-electron chi connectivity index (χ0n) is 15.2. The fourth-order valence-corrected chi connectivity index (χ4v) is 3.36. The van der Waals surface area contributed by atoms with Gasteiger partial charge in [0.2, 0.25) is 5.91 Å². The molecular weight excluding hydrogens is 380 g/mol. The van der Waals surface area contributed by atoms with Crippen LogP contribution in [0.15, 0.2) is 37.2 Å². The average Bonchev–Trinajstić information content (AvgIpc) is 2.69. The van der Waals surface area contributed by atoms with E-state index >= 15 is 0 Å². The van der Waals surface area contributed by atoms with Crippen molar-refractivity contribution in [3.8, 4) is 5.75 Å². The Kier molecular flexibility index (Phi) is 5.79. The smallest absolute Gasteiger partial charge is 0.246 e. The van der Waals surface area contributed by atoms with Crippen LogP contribution in [0, 0.1) is 5.41 Å². The molecule has 0 bridgehead atoms. The molecule has 1 aromatic heterocycles. The van der Waals surface area contributed by atoms with E-state index in [9.17, 15) is 9.90 Å². The van der Waals surface area contributed by atoms with E-state index in [4.69, 9.17) is 22.7 Å². The molecule has 1 aliphatic heterocycles. The van der Waals surface area contributed by atoms with Crippen molar-refractivity contribution in [1.82, 2.24) is 14.9 Å². The van der Waals surface area contributed by atoms with E-state index in [1.54, 1.807) is 11.0 Å². The Labute approximate surface area is 167 Å². The van der Waals surface area contributed by atoms with E-state index in [0.29, 0.717) is 30.0 Å². The number of piperidine rings is 1. The van der Waals surface area contributed by atoms with Crippen LogP contribution in [-0.2, 0) is 4.79 Å². The summed E-state index contributed by atoms with van der Waals surface area (Å²) in [5.41, 5.74) is 6.93. The lowest BCUT2D eigenvalue weighted by atomic mass is 10.0. The number of carbonyl (C=O) groups excluding carboxylic acids is 1. The van der Waals surface area contributed by atoms with E-state index < -0.39 is 0 Å². The van der Waals surface area contributed by atoms with Gasteiger partial charge in [-0.15, -0.1) is 0 Å². The molecule has 8 nitrogen and oxygen atoms in total. The van der Waals surface area contributed by atoms with Gasteiger partial charge in [-0.1, -0.05) is 18.2 Å². The number of nitrogens with zero attached hydrogens (tertiary/aromatic N) is 3. The predicted octanol–water partition coefficient (Wildman–Crippen LogP) is 2.42. The van der Waals surface area contributed by atoms with Crippen molar-refractivity contribution in [2.45, 2.75) is 18.9 Å². The molecule has 0 saturated carbocycles. The average molecular weight is 401 g/mol. The molecular formula is C19H21ClN6O2. The molecule has 146 valence electrons. The zero-order valence-corrected chi connectivity index (χ0v) is 15.9. The third-order valence-corrected chi connectivity index (χ3v) is 4.91. The summed E-state index contributed by atoms with van der Waals surface area (Å²) >= 11 is 5.97. The van der Waals surface area contributed by atoms with Crippen molar-refractivity contribution in [3.63, 3.8) is 0 Å². The summed E-state index contributed by atoms with van der Waals surface area (Å²) in [7, 11) is 0. The Morgan fingerprint density at radius 1 is 1.46 bits per heavy atom. The lowest BCUT2D eigenvalue weighted by Gasteiger charge is -2.33. The summed E-state index contributed by atoms with van der Waals surface area (Å²) in [6.45, 7) is 4.73. The summed E-state index contributed by atoms with van der Waals surface area (Å²) in [5, 5.41) is 21.6. The number of hydrogen-bond acceptors (Lipinski definition) is 7. The number of phenolic OH excluding ortho intramolecular Hbond substituents is 1. The first-order chi connectivity index (χ1) is 13.4. The van der Waals surface area contributed by atoms with Gasteiger partial charge in [-0.05, 0) is 37.1 Å². The molecule has 1 unspecified atom stereocenters. The highest BCUT2D eigenvalue weighted by Gasteiger charge is 2.25. The molecule has 0 radical (unpaired) electrons. The summed E-state index contributed by atoms with van der Waals surface area (Å²) in [6.07, 6.45) is 4.33.